The first-order chi connectivity index (χ1) is 11.5. The van der Waals surface area contributed by atoms with Crippen molar-refractivity contribution in [2.75, 3.05) is 11.1 Å². The molecule has 0 aliphatic rings. The summed E-state index contributed by atoms with van der Waals surface area (Å²) < 4.78 is 14.8. The predicted octanol–water partition coefficient (Wildman–Crippen LogP) is 2.50. The van der Waals surface area contributed by atoms with Crippen molar-refractivity contribution in [2.45, 2.75) is 0 Å². The summed E-state index contributed by atoms with van der Waals surface area (Å²) in [6.07, 6.45) is 1.33. The van der Waals surface area contributed by atoms with Gasteiger partial charge in [-0.3, -0.25) is 4.79 Å². The van der Waals surface area contributed by atoms with Gasteiger partial charge in [-0.25, -0.2) is 14.1 Å². The van der Waals surface area contributed by atoms with Crippen molar-refractivity contribution >= 4 is 29.1 Å². The van der Waals surface area contributed by atoms with Crippen LogP contribution >= 0.6 is 11.6 Å². The standard InChI is InChI=1S/C15H12ClFN6O/c1-23-12(7-19-22-23)15(24)21-13-5-3-9(14(18)20-13)10-6-8(17)2-4-11(10)16/h2-7H,1H3,(H3,18,20,21,24). The van der Waals surface area contributed by atoms with Gasteiger partial charge in [-0.1, -0.05) is 16.8 Å². The van der Waals surface area contributed by atoms with E-state index in [1.54, 1.807) is 19.2 Å². The van der Waals surface area contributed by atoms with Gasteiger partial charge in [0.2, 0.25) is 0 Å². The van der Waals surface area contributed by atoms with Crippen LogP contribution in [0.5, 0.6) is 0 Å². The summed E-state index contributed by atoms with van der Waals surface area (Å²) in [7, 11) is 1.60. The molecule has 3 N–H and O–H groups in total. The maximum atomic E-state index is 13.4. The van der Waals surface area contributed by atoms with Gasteiger partial charge in [0, 0.05) is 23.2 Å². The van der Waals surface area contributed by atoms with Crippen LogP contribution in [0.2, 0.25) is 5.02 Å². The minimum atomic E-state index is -0.435. The Morgan fingerprint density at radius 2 is 2.08 bits per heavy atom. The summed E-state index contributed by atoms with van der Waals surface area (Å²) >= 11 is 6.08. The molecule has 2 heterocycles. The lowest BCUT2D eigenvalue weighted by molar-refractivity contribution is 0.101. The van der Waals surface area contributed by atoms with Crippen LogP contribution < -0.4 is 11.1 Å². The summed E-state index contributed by atoms with van der Waals surface area (Å²) in [5.74, 6) is -0.501. The highest BCUT2D eigenvalue weighted by Gasteiger charge is 2.14. The number of nitrogen functional groups attached to an aromatic ring is 1. The number of aromatic nitrogens is 4. The van der Waals surface area contributed by atoms with Crippen molar-refractivity contribution in [2.24, 2.45) is 7.05 Å². The molecule has 0 aliphatic heterocycles. The first-order valence-corrected chi connectivity index (χ1v) is 7.21. The van der Waals surface area contributed by atoms with E-state index in [-0.39, 0.29) is 17.3 Å². The Hall–Kier alpha value is -3.00. The molecule has 0 atom stereocenters. The number of halogens is 2. The highest BCUT2D eigenvalue weighted by atomic mass is 35.5. The minimum Gasteiger partial charge on any atom is -0.383 e. The summed E-state index contributed by atoms with van der Waals surface area (Å²) in [5, 5.41) is 10.3. The number of nitrogens with one attached hydrogen (secondary N) is 1. The number of hydrogen-bond donors (Lipinski definition) is 2. The number of anilines is 2. The Morgan fingerprint density at radius 3 is 2.75 bits per heavy atom. The van der Waals surface area contributed by atoms with Crippen LogP contribution in [0.3, 0.4) is 0 Å². The van der Waals surface area contributed by atoms with Crippen molar-refractivity contribution in [3.8, 4) is 11.1 Å². The van der Waals surface area contributed by atoms with E-state index in [0.29, 0.717) is 16.1 Å². The Balaban J connectivity index is 1.89. The van der Waals surface area contributed by atoms with Crippen molar-refractivity contribution in [3.63, 3.8) is 0 Å². The van der Waals surface area contributed by atoms with Crippen LogP contribution in [0.15, 0.2) is 36.5 Å². The maximum Gasteiger partial charge on any atom is 0.276 e. The molecule has 1 amide bonds. The number of amides is 1. The SMILES string of the molecule is Cn1nncc1C(=O)Nc1ccc(-c2cc(F)ccc2Cl)c(N)n1. The van der Waals surface area contributed by atoms with Crippen LogP contribution in [-0.2, 0) is 7.05 Å². The van der Waals surface area contributed by atoms with E-state index >= 15 is 0 Å². The molecule has 7 nitrogen and oxygen atoms in total. The lowest BCUT2D eigenvalue weighted by Gasteiger charge is -2.10. The Morgan fingerprint density at radius 1 is 1.29 bits per heavy atom. The Labute approximate surface area is 141 Å². The summed E-state index contributed by atoms with van der Waals surface area (Å²) in [4.78, 5) is 16.2. The van der Waals surface area contributed by atoms with E-state index in [0.717, 1.165) is 0 Å². The third-order valence-corrected chi connectivity index (χ3v) is 3.66. The molecular formula is C15H12ClFN6O. The zero-order chi connectivity index (χ0) is 17.3. The number of nitrogens with zero attached hydrogens (tertiary/aromatic N) is 4. The van der Waals surface area contributed by atoms with Gasteiger partial charge in [-0.05, 0) is 30.3 Å². The maximum absolute atomic E-state index is 13.4. The second-order valence-electron chi connectivity index (χ2n) is 4.95. The van der Waals surface area contributed by atoms with Crippen LogP contribution in [0.25, 0.3) is 11.1 Å². The Bertz CT molecular complexity index is 926. The zero-order valence-electron chi connectivity index (χ0n) is 12.5. The van der Waals surface area contributed by atoms with Crippen LogP contribution in [0.1, 0.15) is 10.5 Å². The molecule has 0 saturated carbocycles. The predicted molar refractivity (Wildman–Crippen MR) is 88.0 cm³/mol. The van der Waals surface area contributed by atoms with Gasteiger partial charge in [-0.15, -0.1) is 5.10 Å². The minimum absolute atomic E-state index is 0.114. The number of benzene rings is 1. The van der Waals surface area contributed by atoms with Crippen molar-refractivity contribution < 1.29 is 9.18 Å². The van der Waals surface area contributed by atoms with Crippen LogP contribution in [0, 0.1) is 5.82 Å². The molecule has 122 valence electrons. The molecule has 0 saturated heterocycles. The first kappa shape index (κ1) is 15.9. The highest BCUT2D eigenvalue weighted by Crippen LogP contribution is 2.32. The lowest BCUT2D eigenvalue weighted by Crippen LogP contribution is -2.17. The Kier molecular flexibility index (Phi) is 4.13. The largest absolute Gasteiger partial charge is 0.383 e. The van der Waals surface area contributed by atoms with Gasteiger partial charge < -0.3 is 11.1 Å². The number of rotatable bonds is 3. The second kappa shape index (κ2) is 6.25. The molecule has 0 radical (unpaired) electrons. The van der Waals surface area contributed by atoms with Gasteiger partial charge in [0.25, 0.3) is 5.91 Å². The van der Waals surface area contributed by atoms with E-state index in [2.05, 4.69) is 20.6 Å². The number of carbonyl (C=O) groups is 1. The zero-order valence-corrected chi connectivity index (χ0v) is 13.3. The van der Waals surface area contributed by atoms with E-state index in [1.165, 1.54) is 29.1 Å². The fourth-order valence-electron chi connectivity index (χ4n) is 2.15. The van der Waals surface area contributed by atoms with Crippen LogP contribution in [0.4, 0.5) is 16.0 Å². The number of nitrogens with two attached hydrogens (primary N) is 1. The molecule has 1 aromatic carbocycles. The quantitative estimate of drug-likeness (QED) is 0.759. The normalized spacial score (nSPS) is 10.6. The number of aryl methyl sites for hydroxylation is 1. The molecular weight excluding hydrogens is 335 g/mol. The van der Waals surface area contributed by atoms with E-state index in [9.17, 15) is 9.18 Å². The molecule has 0 unspecified atom stereocenters. The van der Waals surface area contributed by atoms with E-state index in [1.807, 2.05) is 0 Å². The molecule has 24 heavy (non-hydrogen) atoms. The second-order valence-corrected chi connectivity index (χ2v) is 5.36. The number of carbonyl (C=O) groups excluding carboxylic acids is 1. The molecule has 3 rings (SSSR count). The molecule has 0 aliphatic carbocycles. The molecule has 0 spiro atoms. The summed E-state index contributed by atoms with van der Waals surface area (Å²) in [6.45, 7) is 0. The highest BCUT2D eigenvalue weighted by molar-refractivity contribution is 6.33. The monoisotopic (exact) mass is 346 g/mol. The van der Waals surface area contributed by atoms with E-state index < -0.39 is 11.7 Å². The third-order valence-electron chi connectivity index (χ3n) is 3.33. The third kappa shape index (κ3) is 3.04. The first-order valence-electron chi connectivity index (χ1n) is 6.83. The molecule has 0 fully saturated rings. The van der Waals surface area contributed by atoms with Gasteiger partial charge in [0.05, 0.1) is 6.20 Å². The average Bonchev–Trinajstić information content (AvgIpc) is 2.96. The van der Waals surface area contributed by atoms with Gasteiger partial charge in [0.15, 0.2) is 0 Å². The van der Waals surface area contributed by atoms with Crippen molar-refractivity contribution in [1.82, 2.24) is 20.0 Å². The van der Waals surface area contributed by atoms with E-state index in [4.69, 9.17) is 17.3 Å². The molecule has 3 aromatic rings. The molecule has 0 bridgehead atoms. The fourth-order valence-corrected chi connectivity index (χ4v) is 2.37. The molecule has 9 heteroatoms. The fraction of sp³-hybridized carbons (Fsp3) is 0.0667. The smallest absolute Gasteiger partial charge is 0.276 e. The van der Waals surface area contributed by atoms with Gasteiger partial charge >= 0.3 is 0 Å². The van der Waals surface area contributed by atoms with Crippen molar-refractivity contribution in [1.29, 1.82) is 0 Å². The topological polar surface area (TPSA) is 98.7 Å². The summed E-state index contributed by atoms with van der Waals surface area (Å²) in [5.41, 5.74) is 7.09. The molecule has 2 aromatic heterocycles. The van der Waals surface area contributed by atoms with Gasteiger partial charge in [-0.2, -0.15) is 0 Å². The lowest BCUT2D eigenvalue weighted by atomic mass is 10.1. The average molecular weight is 347 g/mol. The summed E-state index contributed by atoms with van der Waals surface area (Å²) in [6, 6.07) is 7.13. The number of hydrogen-bond acceptors (Lipinski definition) is 5. The number of pyridine rings is 1. The van der Waals surface area contributed by atoms with Crippen molar-refractivity contribution in [3.05, 3.63) is 53.1 Å². The van der Waals surface area contributed by atoms with Gasteiger partial charge in [0.1, 0.15) is 23.1 Å². The van der Waals surface area contributed by atoms with Crippen LogP contribution in [-0.4, -0.2) is 25.9 Å².